The number of piperidine rings is 1. The van der Waals surface area contributed by atoms with Crippen LogP contribution in [0, 0.1) is 11.2 Å². The predicted molar refractivity (Wildman–Crippen MR) is 81.2 cm³/mol. The van der Waals surface area contributed by atoms with Crippen LogP contribution < -0.4 is 10.6 Å². The van der Waals surface area contributed by atoms with Crippen molar-refractivity contribution < 1.29 is 22.4 Å². The van der Waals surface area contributed by atoms with E-state index in [1.165, 1.54) is 0 Å². The largest absolute Gasteiger partial charge is 0.419 e. The molecular formula is C15H19ClF4N2O. The van der Waals surface area contributed by atoms with Crippen molar-refractivity contribution in [3.63, 3.8) is 0 Å². The fraction of sp³-hybridized carbons (Fsp3) is 0.533. The Bertz CT molecular complexity index is 557. The summed E-state index contributed by atoms with van der Waals surface area (Å²) >= 11 is 0. The number of halogens is 5. The van der Waals surface area contributed by atoms with Gasteiger partial charge < -0.3 is 10.6 Å². The van der Waals surface area contributed by atoms with Crippen molar-refractivity contribution in [3.8, 4) is 0 Å². The van der Waals surface area contributed by atoms with E-state index >= 15 is 0 Å². The maximum atomic E-state index is 13.2. The lowest BCUT2D eigenvalue weighted by Crippen LogP contribution is -2.42. The number of carbonyl (C=O) groups is 1. The van der Waals surface area contributed by atoms with Crippen LogP contribution in [0.5, 0.6) is 0 Å². The third kappa shape index (κ3) is 5.07. The fourth-order valence-corrected chi connectivity index (χ4v) is 2.49. The van der Waals surface area contributed by atoms with E-state index < -0.39 is 23.5 Å². The van der Waals surface area contributed by atoms with Crippen LogP contribution in [0.1, 0.15) is 35.7 Å². The summed E-state index contributed by atoms with van der Waals surface area (Å²) in [6.07, 6.45) is -3.06. The molecule has 0 spiro atoms. The molecule has 1 fully saturated rings. The monoisotopic (exact) mass is 354 g/mol. The van der Waals surface area contributed by atoms with Crippen molar-refractivity contribution in [2.45, 2.75) is 25.9 Å². The molecule has 8 heteroatoms. The van der Waals surface area contributed by atoms with Crippen molar-refractivity contribution in [2.75, 3.05) is 19.6 Å². The third-order valence-electron chi connectivity index (χ3n) is 4.02. The molecule has 23 heavy (non-hydrogen) atoms. The molecule has 0 bridgehead atoms. The molecule has 1 saturated heterocycles. The third-order valence-corrected chi connectivity index (χ3v) is 4.02. The van der Waals surface area contributed by atoms with E-state index in [9.17, 15) is 22.4 Å². The highest BCUT2D eigenvalue weighted by molar-refractivity contribution is 5.94. The summed E-state index contributed by atoms with van der Waals surface area (Å²) < 4.78 is 51.2. The number of hydrogen-bond donors (Lipinski definition) is 2. The number of alkyl halides is 3. The van der Waals surface area contributed by atoms with Crippen molar-refractivity contribution in [2.24, 2.45) is 5.41 Å². The van der Waals surface area contributed by atoms with Gasteiger partial charge in [0.15, 0.2) is 0 Å². The van der Waals surface area contributed by atoms with Crippen LogP contribution in [0.4, 0.5) is 17.6 Å². The summed E-state index contributed by atoms with van der Waals surface area (Å²) in [4.78, 5) is 12.0. The standard InChI is InChI=1S/C15H18F4N2O.ClH/c1-14(4-6-20-7-5-14)9-21-13(22)10-2-3-12(16)11(8-10)15(17,18)19;/h2-3,8,20H,4-7,9H2,1H3,(H,21,22);1H. The summed E-state index contributed by atoms with van der Waals surface area (Å²) in [5, 5.41) is 5.86. The Balaban J connectivity index is 0.00000264. The number of rotatable bonds is 3. The highest BCUT2D eigenvalue weighted by Crippen LogP contribution is 2.32. The van der Waals surface area contributed by atoms with Crippen LogP contribution in [-0.2, 0) is 6.18 Å². The normalized spacial score (nSPS) is 17.3. The van der Waals surface area contributed by atoms with Crippen molar-refractivity contribution in [3.05, 3.63) is 35.1 Å². The van der Waals surface area contributed by atoms with Gasteiger partial charge in [0.1, 0.15) is 5.82 Å². The molecule has 0 saturated carbocycles. The van der Waals surface area contributed by atoms with Gasteiger partial charge in [0.2, 0.25) is 0 Å². The number of nitrogens with one attached hydrogen (secondary N) is 2. The van der Waals surface area contributed by atoms with Crippen molar-refractivity contribution in [1.29, 1.82) is 0 Å². The molecule has 0 aromatic heterocycles. The van der Waals surface area contributed by atoms with Crippen LogP contribution in [0.3, 0.4) is 0 Å². The highest BCUT2D eigenvalue weighted by Gasteiger charge is 2.35. The van der Waals surface area contributed by atoms with E-state index in [1.54, 1.807) is 0 Å². The second-order valence-electron chi connectivity index (χ2n) is 5.94. The van der Waals surface area contributed by atoms with E-state index in [4.69, 9.17) is 0 Å². The second-order valence-corrected chi connectivity index (χ2v) is 5.94. The van der Waals surface area contributed by atoms with E-state index in [0.717, 1.165) is 32.0 Å². The Hall–Kier alpha value is -1.34. The van der Waals surface area contributed by atoms with E-state index in [1.807, 2.05) is 6.92 Å². The first-order chi connectivity index (χ1) is 10.2. The smallest absolute Gasteiger partial charge is 0.351 e. The first-order valence-electron chi connectivity index (χ1n) is 7.07. The summed E-state index contributed by atoms with van der Waals surface area (Å²) in [5.74, 6) is -2.00. The number of carbonyl (C=O) groups excluding carboxylic acids is 1. The Kier molecular flexibility index (Phi) is 6.41. The summed E-state index contributed by atoms with van der Waals surface area (Å²) in [7, 11) is 0. The molecular weight excluding hydrogens is 336 g/mol. The highest BCUT2D eigenvalue weighted by atomic mass is 35.5. The Morgan fingerprint density at radius 1 is 1.30 bits per heavy atom. The van der Waals surface area contributed by atoms with Gasteiger partial charge in [-0.15, -0.1) is 12.4 Å². The maximum Gasteiger partial charge on any atom is 0.419 e. The molecule has 1 heterocycles. The predicted octanol–water partition coefficient (Wildman–Crippen LogP) is 3.39. The average molecular weight is 355 g/mol. The lowest BCUT2D eigenvalue weighted by Gasteiger charge is -2.34. The molecule has 0 radical (unpaired) electrons. The van der Waals surface area contributed by atoms with Crippen molar-refractivity contribution in [1.82, 2.24) is 10.6 Å². The van der Waals surface area contributed by atoms with Gasteiger partial charge in [-0.05, 0) is 49.5 Å². The molecule has 1 aliphatic rings. The van der Waals surface area contributed by atoms with Crippen LogP contribution in [0.15, 0.2) is 18.2 Å². The van der Waals surface area contributed by atoms with Crippen LogP contribution in [0.2, 0.25) is 0 Å². The molecule has 1 aliphatic heterocycles. The zero-order valence-corrected chi connectivity index (χ0v) is 13.4. The lowest BCUT2D eigenvalue weighted by atomic mass is 9.81. The van der Waals surface area contributed by atoms with E-state index in [-0.39, 0.29) is 23.4 Å². The molecule has 2 N–H and O–H groups in total. The minimum absolute atomic E-state index is 0. The van der Waals surface area contributed by atoms with Gasteiger partial charge >= 0.3 is 6.18 Å². The number of hydrogen-bond acceptors (Lipinski definition) is 2. The van der Waals surface area contributed by atoms with Gasteiger partial charge in [0.25, 0.3) is 5.91 Å². The van der Waals surface area contributed by atoms with Crippen LogP contribution in [-0.4, -0.2) is 25.5 Å². The van der Waals surface area contributed by atoms with Crippen LogP contribution >= 0.6 is 12.4 Å². The van der Waals surface area contributed by atoms with Gasteiger partial charge in [0.05, 0.1) is 5.56 Å². The zero-order chi connectivity index (χ0) is 16.4. The molecule has 1 aromatic carbocycles. The molecule has 0 atom stereocenters. The SMILES string of the molecule is CC1(CNC(=O)c2ccc(F)c(C(F)(F)F)c2)CCNCC1.Cl. The second kappa shape index (κ2) is 7.49. The van der Waals surface area contributed by atoms with Gasteiger partial charge in [-0.1, -0.05) is 6.92 Å². The van der Waals surface area contributed by atoms with Crippen molar-refractivity contribution >= 4 is 18.3 Å². The van der Waals surface area contributed by atoms with E-state index in [2.05, 4.69) is 10.6 Å². The van der Waals surface area contributed by atoms with Gasteiger partial charge in [-0.3, -0.25) is 4.79 Å². The number of benzene rings is 1. The average Bonchev–Trinajstić information content (AvgIpc) is 2.45. The summed E-state index contributed by atoms with van der Waals surface area (Å²) in [5.41, 5.74) is -1.69. The molecule has 0 unspecified atom stereocenters. The first-order valence-corrected chi connectivity index (χ1v) is 7.07. The molecule has 130 valence electrons. The Morgan fingerprint density at radius 2 is 1.91 bits per heavy atom. The van der Waals surface area contributed by atoms with Crippen LogP contribution in [0.25, 0.3) is 0 Å². The molecule has 2 rings (SSSR count). The van der Waals surface area contributed by atoms with E-state index in [0.29, 0.717) is 18.7 Å². The minimum Gasteiger partial charge on any atom is -0.351 e. The number of amides is 1. The summed E-state index contributed by atoms with van der Waals surface area (Å²) in [6.45, 7) is 4.11. The Labute approximate surface area is 138 Å². The van der Waals surface area contributed by atoms with Gasteiger partial charge in [-0.25, -0.2) is 4.39 Å². The molecule has 0 aliphatic carbocycles. The summed E-state index contributed by atoms with van der Waals surface area (Å²) in [6, 6.07) is 2.28. The molecule has 1 aromatic rings. The van der Waals surface area contributed by atoms with Gasteiger partial charge in [0, 0.05) is 12.1 Å². The van der Waals surface area contributed by atoms with Gasteiger partial charge in [-0.2, -0.15) is 13.2 Å². The first kappa shape index (κ1) is 19.7. The molecule has 1 amide bonds. The molecule has 3 nitrogen and oxygen atoms in total. The lowest BCUT2D eigenvalue weighted by molar-refractivity contribution is -0.140. The topological polar surface area (TPSA) is 41.1 Å². The quantitative estimate of drug-likeness (QED) is 0.817. The minimum atomic E-state index is -4.82. The zero-order valence-electron chi connectivity index (χ0n) is 12.6. The Morgan fingerprint density at radius 3 is 2.48 bits per heavy atom. The maximum absolute atomic E-state index is 13.2. The fourth-order valence-electron chi connectivity index (χ4n) is 2.49.